The third-order valence-electron chi connectivity index (χ3n) is 13.3. The molecule has 6 atom stereocenters. The molecule has 2 bridgehead atoms. The molecule has 0 saturated heterocycles. The number of aliphatic hydroxyl groups is 1. The van der Waals surface area contributed by atoms with E-state index in [1.165, 1.54) is 22.3 Å². The van der Waals surface area contributed by atoms with E-state index >= 15 is 0 Å². The lowest BCUT2D eigenvalue weighted by Crippen LogP contribution is -2.52. The molecular weight excluding hydrogens is 781 g/mol. The summed E-state index contributed by atoms with van der Waals surface area (Å²) < 4.78 is 31.2. The average Bonchev–Trinajstić information content (AvgIpc) is 3.24. The van der Waals surface area contributed by atoms with E-state index in [2.05, 4.69) is 72.8 Å². The summed E-state index contributed by atoms with van der Waals surface area (Å²) in [7, 11) is 1.55. The number of allylic oxidation sites excluding steroid dienone is 1. The van der Waals surface area contributed by atoms with E-state index in [-0.39, 0.29) is 43.0 Å². The van der Waals surface area contributed by atoms with Crippen molar-refractivity contribution in [1.29, 1.82) is 0 Å². The van der Waals surface area contributed by atoms with Crippen molar-refractivity contribution in [3.63, 3.8) is 0 Å². The minimum absolute atomic E-state index is 0.0411. The molecule has 1 N–H and O–H groups in total. The number of aliphatic hydroxyl groups excluding tert-OH is 1. The first-order valence-electron chi connectivity index (χ1n) is 22.1. The summed E-state index contributed by atoms with van der Waals surface area (Å²) in [5.74, 6) is -0.634. The summed E-state index contributed by atoms with van der Waals surface area (Å²) in [5.41, 5.74) is 6.64. The van der Waals surface area contributed by atoms with Crippen LogP contribution in [0.4, 0.5) is 0 Å². The van der Waals surface area contributed by atoms with Gasteiger partial charge in [0.05, 0.1) is 12.2 Å². The molecule has 1 saturated carbocycles. The first-order chi connectivity index (χ1) is 29.9. The Labute approximate surface area is 364 Å². The molecule has 9 heteroatoms. The highest BCUT2D eigenvalue weighted by Gasteiger charge is 2.51. The maximum absolute atomic E-state index is 14.8. The van der Waals surface area contributed by atoms with Gasteiger partial charge in [-0.2, -0.15) is 0 Å². The number of ether oxygens (including phenoxy) is 4. The molecule has 0 radical (unpaired) electrons. The Morgan fingerprint density at radius 3 is 2.37 bits per heavy atom. The van der Waals surface area contributed by atoms with Crippen LogP contribution < -0.4 is 10.4 Å². The van der Waals surface area contributed by atoms with Gasteiger partial charge in [-0.05, 0) is 136 Å². The second kappa shape index (κ2) is 18.5. The monoisotopic (exact) mass is 838 g/mol. The second-order valence-corrected chi connectivity index (χ2v) is 18.2. The smallest absolute Gasteiger partial charge is 0.339 e. The van der Waals surface area contributed by atoms with Gasteiger partial charge in [0, 0.05) is 42.6 Å². The Balaban J connectivity index is 1.19. The van der Waals surface area contributed by atoms with E-state index in [9.17, 15) is 19.5 Å². The molecule has 9 rings (SSSR count). The van der Waals surface area contributed by atoms with Crippen molar-refractivity contribution in [2.75, 3.05) is 20.3 Å². The molecule has 9 nitrogen and oxygen atoms in total. The molecule has 3 aliphatic heterocycles. The number of benzene rings is 4. The largest absolute Gasteiger partial charge is 0.483 e. The lowest BCUT2D eigenvalue weighted by molar-refractivity contribution is -0.188. The third-order valence-corrected chi connectivity index (χ3v) is 13.3. The van der Waals surface area contributed by atoms with Gasteiger partial charge in [-0.25, -0.2) is 9.59 Å². The molecule has 4 aliphatic rings. The third kappa shape index (κ3) is 9.16. The standard InChI is InChI=1S/C53H58O9/c1-32(2)42-21-16-33-14-17-36(18-15-33)43-22-19-38(37-13-9-12-35(27-37)26-34-10-7-6-8-11-34)28-41(43)30-46(55)59-49-47-45(62-53(3,4)50(49)61-51(42)56)23-20-39-29-44(52(57)60-48(39)47)40(24-25-54)31-58-5/h6-15,17-18,20,23,27,29,38,40-41,43,49-50,54H,16,19,21-22,24-26,28,30-31H2,1-5H3. The molecule has 1 fully saturated rings. The van der Waals surface area contributed by atoms with E-state index in [1.54, 1.807) is 25.3 Å². The minimum Gasteiger partial charge on any atom is -0.483 e. The summed E-state index contributed by atoms with van der Waals surface area (Å²) in [6, 6.07) is 33.4. The number of methoxy groups -OCH3 is 1. The molecule has 4 aromatic carbocycles. The lowest BCUT2D eigenvalue weighted by atomic mass is 9.68. The van der Waals surface area contributed by atoms with Gasteiger partial charge < -0.3 is 28.5 Å². The van der Waals surface area contributed by atoms with Gasteiger partial charge in [-0.1, -0.05) is 84.4 Å². The highest BCUT2D eigenvalue weighted by molar-refractivity contribution is 5.90. The van der Waals surface area contributed by atoms with Crippen LogP contribution in [0.1, 0.15) is 129 Å². The highest BCUT2D eigenvalue weighted by Crippen LogP contribution is 2.49. The Kier molecular flexibility index (Phi) is 12.8. The fraction of sp³-hybridized carbons (Fsp3) is 0.415. The van der Waals surface area contributed by atoms with Crippen molar-refractivity contribution >= 4 is 22.9 Å². The number of hydrogen-bond donors (Lipinski definition) is 1. The van der Waals surface area contributed by atoms with Gasteiger partial charge in [0.25, 0.3) is 0 Å². The zero-order valence-electron chi connectivity index (χ0n) is 36.5. The number of fused-ring (bicyclic) bond motifs is 11. The molecular formula is C53H58O9. The van der Waals surface area contributed by atoms with Crippen molar-refractivity contribution in [2.24, 2.45) is 5.92 Å². The predicted molar refractivity (Wildman–Crippen MR) is 238 cm³/mol. The van der Waals surface area contributed by atoms with Crippen molar-refractivity contribution in [3.05, 3.63) is 158 Å². The van der Waals surface area contributed by atoms with Crippen molar-refractivity contribution in [3.8, 4) is 5.75 Å². The Morgan fingerprint density at radius 1 is 0.855 bits per heavy atom. The van der Waals surface area contributed by atoms with E-state index < -0.39 is 41.3 Å². The normalized spacial score (nSPS) is 23.0. The summed E-state index contributed by atoms with van der Waals surface area (Å²) in [5, 5.41) is 10.4. The number of rotatable bonds is 8. The fourth-order valence-electron chi connectivity index (χ4n) is 10.1. The van der Waals surface area contributed by atoms with Crippen molar-refractivity contribution in [2.45, 2.75) is 115 Å². The van der Waals surface area contributed by atoms with E-state index in [1.807, 2.05) is 33.8 Å². The molecule has 5 aromatic rings. The number of aryl methyl sites for hydroxylation is 1. The minimum atomic E-state index is -1.16. The molecule has 1 aliphatic carbocycles. The predicted octanol–water partition coefficient (Wildman–Crippen LogP) is 10.2. The van der Waals surface area contributed by atoms with E-state index in [4.69, 9.17) is 23.4 Å². The fourth-order valence-corrected chi connectivity index (χ4v) is 10.1. The molecule has 324 valence electrons. The summed E-state index contributed by atoms with van der Waals surface area (Å²) in [4.78, 5) is 42.9. The quantitative estimate of drug-likeness (QED) is 0.0925. The SMILES string of the molecule is COCC(CCO)c1cc2ccc3c(c2oc1=O)C1OC(=O)CC2CC(c4cccc(Cc5ccccc5)c4)CCC2c2ccc(cc2)CCC(=C(C)C)C(=O)OC1C(C)(C)O3. The second-order valence-electron chi connectivity index (χ2n) is 18.2. The number of carbonyl (C=O) groups excluding carboxylic acids is 2. The summed E-state index contributed by atoms with van der Waals surface area (Å²) in [6.45, 7) is 7.52. The number of esters is 2. The van der Waals surface area contributed by atoms with Crippen LogP contribution in [0.5, 0.6) is 5.75 Å². The van der Waals surface area contributed by atoms with Crippen LogP contribution in [0.25, 0.3) is 11.0 Å². The van der Waals surface area contributed by atoms with Gasteiger partial charge in [-0.3, -0.25) is 4.79 Å². The van der Waals surface area contributed by atoms with E-state index in [0.717, 1.165) is 36.8 Å². The molecule has 1 aromatic heterocycles. The van der Waals surface area contributed by atoms with Crippen LogP contribution in [0.15, 0.2) is 117 Å². The van der Waals surface area contributed by atoms with Crippen LogP contribution in [-0.2, 0) is 36.6 Å². The van der Waals surface area contributed by atoms with Gasteiger partial charge >= 0.3 is 17.6 Å². The van der Waals surface area contributed by atoms with Crippen LogP contribution >= 0.6 is 0 Å². The van der Waals surface area contributed by atoms with Gasteiger partial charge in [0.2, 0.25) is 0 Å². The van der Waals surface area contributed by atoms with Crippen LogP contribution in [0, 0.1) is 5.92 Å². The summed E-state index contributed by atoms with van der Waals surface area (Å²) in [6.07, 6.45) is 2.85. The Morgan fingerprint density at radius 2 is 1.63 bits per heavy atom. The van der Waals surface area contributed by atoms with Crippen LogP contribution in [0.2, 0.25) is 0 Å². The van der Waals surface area contributed by atoms with Gasteiger partial charge in [0.15, 0.2) is 12.2 Å². The zero-order valence-corrected chi connectivity index (χ0v) is 36.5. The maximum atomic E-state index is 14.8. The van der Waals surface area contributed by atoms with Crippen molar-refractivity contribution < 1.29 is 38.1 Å². The zero-order chi connectivity index (χ0) is 43.5. The van der Waals surface area contributed by atoms with Crippen LogP contribution in [-0.4, -0.2) is 49.1 Å². The van der Waals surface area contributed by atoms with Gasteiger partial charge in [-0.15, -0.1) is 0 Å². The molecule has 62 heavy (non-hydrogen) atoms. The molecule has 4 heterocycles. The Hall–Kier alpha value is -5.51. The van der Waals surface area contributed by atoms with Crippen molar-refractivity contribution in [1.82, 2.24) is 0 Å². The molecule has 6 unspecified atom stereocenters. The number of carbonyl (C=O) groups is 2. The summed E-state index contributed by atoms with van der Waals surface area (Å²) >= 11 is 0. The molecule has 0 amide bonds. The first-order valence-corrected chi connectivity index (χ1v) is 22.1. The van der Waals surface area contributed by atoms with E-state index in [0.29, 0.717) is 47.1 Å². The van der Waals surface area contributed by atoms with Crippen LogP contribution in [0.3, 0.4) is 0 Å². The highest BCUT2D eigenvalue weighted by atomic mass is 16.6. The average molecular weight is 839 g/mol. The molecule has 0 spiro atoms. The van der Waals surface area contributed by atoms with Gasteiger partial charge in [0.1, 0.15) is 16.9 Å². The number of hydrogen-bond acceptors (Lipinski definition) is 9. The lowest BCUT2D eigenvalue weighted by Gasteiger charge is -2.43. The first kappa shape index (κ1) is 43.2. The maximum Gasteiger partial charge on any atom is 0.339 e. The topological polar surface area (TPSA) is 122 Å². The Bertz CT molecular complexity index is 2490.